The van der Waals surface area contributed by atoms with Crippen LogP contribution in [0.1, 0.15) is 50.7 Å². The second kappa shape index (κ2) is 13.5. The third kappa shape index (κ3) is 8.85. The molecule has 0 spiro atoms. The van der Waals surface area contributed by atoms with Gasteiger partial charge in [-0.1, -0.05) is 49.7 Å². The number of benzene rings is 2. The average Bonchev–Trinajstić information content (AvgIpc) is 2.80. The van der Waals surface area contributed by atoms with Crippen molar-refractivity contribution in [2.24, 2.45) is 0 Å². The summed E-state index contributed by atoms with van der Waals surface area (Å²) in [4.78, 5) is 27.8. The molecule has 2 rings (SSSR count). The zero-order valence-electron chi connectivity index (χ0n) is 21.0. The van der Waals surface area contributed by atoms with Gasteiger partial charge in [-0.05, 0) is 61.6 Å². The lowest BCUT2D eigenvalue weighted by atomic mass is 10.1. The van der Waals surface area contributed by atoms with E-state index in [2.05, 4.69) is 5.32 Å². The Morgan fingerprint density at radius 2 is 1.77 bits per heavy atom. The molecule has 0 heterocycles. The second-order valence-electron chi connectivity index (χ2n) is 8.64. The molecule has 0 fully saturated rings. The standard InChI is InChI=1S/C26H36ClN3O4S/c1-5-16-28-26(32)24(6-2)29(19-21-12-14-22(27)15-13-21)25(31)11-8-17-30(35(4,33)34)23-10-7-9-20(3)18-23/h7,9-10,12-15,18,24H,5-6,8,11,16-17,19H2,1-4H3,(H,28,32)/t24-/m1/s1. The lowest BCUT2D eigenvalue weighted by Crippen LogP contribution is -2.49. The van der Waals surface area contributed by atoms with Gasteiger partial charge >= 0.3 is 0 Å². The molecule has 0 aromatic heterocycles. The third-order valence-corrected chi connectivity index (χ3v) is 7.09. The summed E-state index contributed by atoms with van der Waals surface area (Å²) in [6.45, 7) is 6.72. The summed E-state index contributed by atoms with van der Waals surface area (Å²) in [5.74, 6) is -0.384. The van der Waals surface area contributed by atoms with Crippen LogP contribution in [0, 0.1) is 6.92 Å². The van der Waals surface area contributed by atoms with Gasteiger partial charge in [0.25, 0.3) is 0 Å². The Morgan fingerprint density at radius 3 is 2.34 bits per heavy atom. The molecule has 2 aromatic rings. The highest BCUT2D eigenvalue weighted by atomic mass is 35.5. The number of aryl methyl sites for hydroxylation is 1. The molecule has 1 atom stereocenters. The zero-order chi connectivity index (χ0) is 26.0. The number of amides is 2. The van der Waals surface area contributed by atoms with Crippen LogP contribution in [0.5, 0.6) is 0 Å². The first-order chi connectivity index (χ1) is 16.6. The van der Waals surface area contributed by atoms with Crippen LogP contribution in [0.15, 0.2) is 48.5 Å². The van der Waals surface area contributed by atoms with E-state index in [1.165, 1.54) is 4.31 Å². The van der Waals surface area contributed by atoms with Crippen LogP contribution in [-0.4, -0.2) is 50.5 Å². The fourth-order valence-corrected chi connectivity index (χ4v) is 4.94. The number of hydrogen-bond donors (Lipinski definition) is 1. The minimum atomic E-state index is -3.52. The van der Waals surface area contributed by atoms with Crippen molar-refractivity contribution in [1.82, 2.24) is 10.2 Å². The lowest BCUT2D eigenvalue weighted by Gasteiger charge is -2.31. The van der Waals surface area contributed by atoms with E-state index < -0.39 is 16.1 Å². The number of hydrogen-bond acceptors (Lipinski definition) is 4. The Kier molecular flexibility index (Phi) is 11.0. The highest BCUT2D eigenvalue weighted by molar-refractivity contribution is 7.92. The Labute approximate surface area is 214 Å². The summed E-state index contributed by atoms with van der Waals surface area (Å²) in [6, 6.07) is 13.8. The van der Waals surface area contributed by atoms with Crippen molar-refractivity contribution in [2.45, 2.75) is 59.0 Å². The molecule has 0 unspecified atom stereocenters. The maximum Gasteiger partial charge on any atom is 0.242 e. The summed E-state index contributed by atoms with van der Waals surface area (Å²) in [7, 11) is -3.52. The molecule has 7 nitrogen and oxygen atoms in total. The van der Waals surface area contributed by atoms with Crippen LogP contribution in [0.3, 0.4) is 0 Å². The number of rotatable bonds is 13. The number of anilines is 1. The number of nitrogens with zero attached hydrogens (tertiary/aromatic N) is 2. The predicted octanol–water partition coefficient (Wildman–Crippen LogP) is 4.53. The number of carbonyl (C=O) groups excluding carboxylic acids is 2. The largest absolute Gasteiger partial charge is 0.354 e. The normalized spacial score (nSPS) is 12.1. The minimum absolute atomic E-state index is 0.114. The maximum absolute atomic E-state index is 13.4. The van der Waals surface area contributed by atoms with E-state index in [1.54, 1.807) is 29.2 Å². The number of sulfonamides is 1. The SMILES string of the molecule is CCCNC(=O)[C@@H](CC)N(Cc1ccc(Cl)cc1)C(=O)CCCN(c1cccc(C)c1)S(C)(=O)=O. The van der Waals surface area contributed by atoms with E-state index in [4.69, 9.17) is 11.6 Å². The van der Waals surface area contributed by atoms with Gasteiger partial charge in [0.1, 0.15) is 6.04 Å². The maximum atomic E-state index is 13.4. The fraction of sp³-hybridized carbons (Fsp3) is 0.462. The van der Waals surface area contributed by atoms with Crippen LogP contribution >= 0.6 is 11.6 Å². The van der Waals surface area contributed by atoms with Gasteiger partial charge in [0.05, 0.1) is 11.9 Å². The first-order valence-electron chi connectivity index (χ1n) is 11.9. The quantitative estimate of drug-likeness (QED) is 0.419. The average molecular weight is 522 g/mol. The Hall–Kier alpha value is -2.58. The van der Waals surface area contributed by atoms with Gasteiger partial charge in [-0.3, -0.25) is 13.9 Å². The number of halogens is 1. The molecule has 0 aliphatic rings. The topological polar surface area (TPSA) is 86.8 Å². The molecule has 9 heteroatoms. The molecular weight excluding hydrogens is 486 g/mol. The molecule has 0 bridgehead atoms. The number of carbonyl (C=O) groups is 2. The summed E-state index contributed by atoms with van der Waals surface area (Å²) < 4.78 is 26.2. The van der Waals surface area contributed by atoms with Gasteiger partial charge in [0, 0.05) is 31.1 Å². The highest BCUT2D eigenvalue weighted by Gasteiger charge is 2.28. The van der Waals surface area contributed by atoms with Crippen LogP contribution in [0.4, 0.5) is 5.69 Å². The molecule has 0 saturated heterocycles. The molecule has 0 aliphatic heterocycles. The molecule has 1 N–H and O–H groups in total. The van der Waals surface area contributed by atoms with Gasteiger partial charge in [-0.25, -0.2) is 8.42 Å². The molecular formula is C26H36ClN3O4S. The van der Waals surface area contributed by atoms with E-state index in [0.29, 0.717) is 30.1 Å². The van der Waals surface area contributed by atoms with Crippen molar-refractivity contribution in [1.29, 1.82) is 0 Å². The summed E-state index contributed by atoms with van der Waals surface area (Å²) in [5, 5.41) is 3.49. The van der Waals surface area contributed by atoms with Crippen LogP contribution < -0.4 is 9.62 Å². The molecule has 2 aromatic carbocycles. The minimum Gasteiger partial charge on any atom is -0.354 e. The predicted molar refractivity (Wildman–Crippen MR) is 142 cm³/mol. The molecule has 192 valence electrons. The molecule has 2 amide bonds. The molecule has 0 radical (unpaired) electrons. The highest BCUT2D eigenvalue weighted by Crippen LogP contribution is 2.21. The first kappa shape index (κ1) is 28.7. The Bertz CT molecular complexity index is 1090. The third-order valence-electron chi connectivity index (χ3n) is 5.64. The second-order valence-corrected chi connectivity index (χ2v) is 11.0. The van der Waals surface area contributed by atoms with E-state index in [1.807, 2.05) is 45.0 Å². The monoisotopic (exact) mass is 521 g/mol. The van der Waals surface area contributed by atoms with Gasteiger partial charge in [0.2, 0.25) is 21.8 Å². The zero-order valence-corrected chi connectivity index (χ0v) is 22.5. The Balaban J connectivity index is 2.19. The van der Waals surface area contributed by atoms with Gasteiger partial charge in [0.15, 0.2) is 0 Å². The van der Waals surface area contributed by atoms with Crippen molar-refractivity contribution in [2.75, 3.05) is 23.7 Å². The van der Waals surface area contributed by atoms with Crippen molar-refractivity contribution in [3.8, 4) is 0 Å². The van der Waals surface area contributed by atoms with E-state index in [0.717, 1.165) is 23.8 Å². The fourth-order valence-electron chi connectivity index (χ4n) is 3.86. The Morgan fingerprint density at radius 1 is 1.09 bits per heavy atom. The van der Waals surface area contributed by atoms with Crippen LogP contribution in [-0.2, 0) is 26.2 Å². The molecule has 0 aliphatic carbocycles. The van der Waals surface area contributed by atoms with Crippen molar-refractivity contribution < 1.29 is 18.0 Å². The number of nitrogens with one attached hydrogen (secondary N) is 1. The van der Waals surface area contributed by atoms with E-state index in [9.17, 15) is 18.0 Å². The van der Waals surface area contributed by atoms with E-state index >= 15 is 0 Å². The smallest absolute Gasteiger partial charge is 0.242 e. The summed E-state index contributed by atoms with van der Waals surface area (Å²) in [5.41, 5.74) is 2.38. The molecule has 0 saturated carbocycles. The van der Waals surface area contributed by atoms with Gasteiger partial charge < -0.3 is 10.2 Å². The lowest BCUT2D eigenvalue weighted by molar-refractivity contribution is -0.141. The van der Waals surface area contributed by atoms with Crippen LogP contribution in [0.2, 0.25) is 5.02 Å². The van der Waals surface area contributed by atoms with Gasteiger partial charge in [-0.2, -0.15) is 0 Å². The molecule has 35 heavy (non-hydrogen) atoms. The van der Waals surface area contributed by atoms with Crippen molar-refractivity contribution in [3.05, 3.63) is 64.7 Å². The van der Waals surface area contributed by atoms with E-state index in [-0.39, 0.29) is 31.3 Å². The summed E-state index contributed by atoms with van der Waals surface area (Å²) >= 11 is 6.01. The van der Waals surface area contributed by atoms with Gasteiger partial charge in [-0.15, -0.1) is 0 Å². The van der Waals surface area contributed by atoms with Crippen LogP contribution in [0.25, 0.3) is 0 Å². The first-order valence-corrected chi connectivity index (χ1v) is 14.2. The van der Waals surface area contributed by atoms with Crippen molar-refractivity contribution in [3.63, 3.8) is 0 Å². The summed E-state index contributed by atoms with van der Waals surface area (Å²) in [6.07, 6.45) is 2.86. The van der Waals surface area contributed by atoms with Crippen molar-refractivity contribution >= 4 is 39.1 Å².